The maximum Gasteiger partial charge on any atom is 0.222 e. The summed E-state index contributed by atoms with van der Waals surface area (Å²) in [6.45, 7) is 13.3. The quantitative estimate of drug-likeness (QED) is 0.581. The molecule has 21 heavy (non-hydrogen) atoms. The van der Waals surface area contributed by atoms with Crippen LogP contribution in [0.25, 0.3) is 0 Å². The summed E-state index contributed by atoms with van der Waals surface area (Å²) in [4.78, 5) is 16.1. The molecule has 0 spiro atoms. The predicted molar refractivity (Wildman–Crippen MR) is 87.4 cm³/mol. The lowest BCUT2D eigenvalue weighted by molar-refractivity contribution is -0.132. The summed E-state index contributed by atoms with van der Waals surface area (Å²) in [7, 11) is 0. The van der Waals surface area contributed by atoms with E-state index in [9.17, 15) is 4.79 Å². The van der Waals surface area contributed by atoms with Crippen molar-refractivity contribution in [2.24, 2.45) is 5.92 Å². The van der Waals surface area contributed by atoms with Crippen molar-refractivity contribution in [3.8, 4) is 0 Å². The Morgan fingerprint density at radius 3 is 2.33 bits per heavy atom. The highest BCUT2D eigenvalue weighted by Crippen LogP contribution is 2.06. The molecule has 4 heteroatoms. The average molecular weight is 298 g/mol. The summed E-state index contributed by atoms with van der Waals surface area (Å²) in [6, 6.07) is 0. The van der Waals surface area contributed by atoms with Gasteiger partial charge < -0.3 is 9.64 Å². The summed E-state index contributed by atoms with van der Waals surface area (Å²) in [5.41, 5.74) is 0. The standard InChI is InChI=1S/C17H34N2O2/c1-4-17(20)19-12-10-18(11-13-19)9-5-6-14-21-15-7-8-16(2)3/h16H,4-15H2,1-3H3. The zero-order valence-electron chi connectivity index (χ0n) is 14.3. The van der Waals surface area contributed by atoms with E-state index in [4.69, 9.17) is 4.74 Å². The van der Waals surface area contributed by atoms with Crippen LogP contribution in [0.15, 0.2) is 0 Å². The molecule has 0 bridgehead atoms. The molecular formula is C17H34N2O2. The minimum atomic E-state index is 0.296. The Hall–Kier alpha value is -0.610. The Morgan fingerprint density at radius 1 is 1.05 bits per heavy atom. The topological polar surface area (TPSA) is 32.8 Å². The fourth-order valence-electron chi connectivity index (χ4n) is 2.68. The van der Waals surface area contributed by atoms with Crippen LogP contribution in [0.2, 0.25) is 0 Å². The first-order valence-corrected chi connectivity index (χ1v) is 8.71. The second-order valence-electron chi connectivity index (χ2n) is 6.43. The molecule has 0 aliphatic carbocycles. The molecule has 0 atom stereocenters. The maximum atomic E-state index is 11.6. The van der Waals surface area contributed by atoms with E-state index in [-0.39, 0.29) is 0 Å². The summed E-state index contributed by atoms with van der Waals surface area (Å²) in [5.74, 6) is 1.08. The zero-order valence-corrected chi connectivity index (χ0v) is 14.3. The largest absolute Gasteiger partial charge is 0.381 e. The Morgan fingerprint density at radius 2 is 1.71 bits per heavy atom. The second kappa shape index (κ2) is 11.0. The van der Waals surface area contributed by atoms with Gasteiger partial charge in [0.15, 0.2) is 0 Å². The van der Waals surface area contributed by atoms with Crippen LogP contribution in [-0.2, 0) is 9.53 Å². The molecular weight excluding hydrogens is 264 g/mol. The Kier molecular flexibility index (Phi) is 9.68. The number of unbranched alkanes of at least 4 members (excludes halogenated alkanes) is 1. The van der Waals surface area contributed by atoms with Crippen molar-refractivity contribution in [2.75, 3.05) is 45.9 Å². The van der Waals surface area contributed by atoms with Gasteiger partial charge in [0, 0.05) is 45.8 Å². The van der Waals surface area contributed by atoms with Crippen LogP contribution >= 0.6 is 0 Å². The van der Waals surface area contributed by atoms with Gasteiger partial charge in [0.1, 0.15) is 0 Å². The summed E-state index contributed by atoms with van der Waals surface area (Å²) < 4.78 is 5.67. The van der Waals surface area contributed by atoms with Crippen molar-refractivity contribution < 1.29 is 9.53 Å². The van der Waals surface area contributed by atoms with Crippen molar-refractivity contribution in [3.05, 3.63) is 0 Å². The van der Waals surface area contributed by atoms with E-state index in [2.05, 4.69) is 18.7 Å². The van der Waals surface area contributed by atoms with Crippen LogP contribution < -0.4 is 0 Å². The molecule has 1 rings (SSSR count). The lowest BCUT2D eigenvalue weighted by Gasteiger charge is -2.34. The van der Waals surface area contributed by atoms with Crippen LogP contribution in [0.5, 0.6) is 0 Å². The summed E-state index contributed by atoms with van der Waals surface area (Å²) in [5, 5.41) is 0. The number of amides is 1. The third kappa shape index (κ3) is 8.42. The second-order valence-corrected chi connectivity index (χ2v) is 6.43. The number of carbonyl (C=O) groups is 1. The first-order valence-electron chi connectivity index (χ1n) is 8.71. The van der Waals surface area contributed by atoms with E-state index in [1.165, 1.54) is 19.3 Å². The third-order valence-corrected chi connectivity index (χ3v) is 4.11. The number of carbonyl (C=O) groups excluding carboxylic acids is 1. The van der Waals surface area contributed by atoms with Gasteiger partial charge >= 0.3 is 0 Å². The SMILES string of the molecule is CCC(=O)N1CCN(CCCCOCCCC(C)C)CC1. The van der Waals surface area contributed by atoms with Crippen molar-refractivity contribution in [1.82, 2.24) is 9.80 Å². The Balaban J connectivity index is 1.92. The molecule has 1 heterocycles. The van der Waals surface area contributed by atoms with E-state index in [0.29, 0.717) is 12.3 Å². The van der Waals surface area contributed by atoms with Crippen molar-refractivity contribution in [1.29, 1.82) is 0 Å². The highest BCUT2D eigenvalue weighted by molar-refractivity contribution is 5.75. The van der Waals surface area contributed by atoms with E-state index < -0.39 is 0 Å². The molecule has 1 amide bonds. The minimum absolute atomic E-state index is 0.296. The molecule has 0 N–H and O–H groups in total. The van der Waals surface area contributed by atoms with Gasteiger partial charge in [-0.1, -0.05) is 20.8 Å². The summed E-state index contributed by atoms with van der Waals surface area (Å²) in [6.07, 6.45) is 5.43. The number of hydrogen-bond donors (Lipinski definition) is 0. The van der Waals surface area contributed by atoms with Gasteiger partial charge in [-0.15, -0.1) is 0 Å². The molecule has 0 unspecified atom stereocenters. The lowest BCUT2D eigenvalue weighted by Crippen LogP contribution is -2.48. The van der Waals surface area contributed by atoms with Crippen LogP contribution in [0.1, 0.15) is 52.9 Å². The highest BCUT2D eigenvalue weighted by Gasteiger charge is 2.19. The first kappa shape index (κ1) is 18.4. The van der Waals surface area contributed by atoms with Crippen molar-refractivity contribution >= 4 is 5.91 Å². The number of nitrogens with zero attached hydrogens (tertiary/aromatic N) is 2. The third-order valence-electron chi connectivity index (χ3n) is 4.11. The molecule has 0 saturated carbocycles. The Bertz CT molecular complexity index is 274. The van der Waals surface area contributed by atoms with Gasteiger partial charge in [0.2, 0.25) is 5.91 Å². The smallest absolute Gasteiger partial charge is 0.222 e. The number of hydrogen-bond acceptors (Lipinski definition) is 3. The molecule has 1 saturated heterocycles. The van der Waals surface area contributed by atoms with E-state index in [1.54, 1.807) is 0 Å². The molecule has 0 aromatic heterocycles. The molecule has 0 aromatic rings. The molecule has 4 nitrogen and oxygen atoms in total. The van der Waals surface area contributed by atoms with Crippen LogP contribution in [-0.4, -0.2) is 61.6 Å². The first-order chi connectivity index (χ1) is 10.1. The number of rotatable bonds is 10. The maximum absolute atomic E-state index is 11.6. The van der Waals surface area contributed by atoms with Gasteiger partial charge in [-0.25, -0.2) is 0 Å². The van der Waals surface area contributed by atoms with Gasteiger partial charge in [0.05, 0.1) is 0 Å². The molecule has 0 aromatic carbocycles. The van der Waals surface area contributed by atoms with Gasteiger partial charge in [-0.05, 0) is 38.1 Å². The molecule has 1 fully saturated rings. The van der Waals surface area contributed by atoms with Gasteiger partial charge in [-0.2, -0.15) is 0 Å². The summed E-state index contributed by atoms with van der Waals surface area (Å²) >= 11 is 0. The number of piperazine rings is 1. The van der Waals surface area contributed by atoms with E-state index >= 15 is 0 Å². The fourth-order valence-corrected chi connectivity index (χ4v) is 2.68. The van der Waals surface area contributed by atoms with Gasteiger partial charge in [0.25, 0.3) is 0 Å². The minimum Gasteiger partial charge on any atom is -0.381 e. The highest BCUT2D eigenvalue weighted by atomic mass is 16.5. The van der Waals surface area contributed by atoms with E-state index in [1.807, 2.05) is 11.8 Å². The fraction of sp³-hybridized carbons (Fsp3) is 0.941. The lowest BCUT2D eigenvalue weighted by atomic mass is 10.1. The monoisotopic (exact) mass is 298 g/mol. The molecule has 124 valence electrons. The van der Waals surface area contributed by atoms with E-state index in [0.717, 1.165) is 58.3 Å². The number of ether oxygens (including phenoxy) is 1. The normalized spacial score (nSPS) is 16.7. The molecule has 1 aliphatic heterocycles. The van der Waals surface area contributed by atoms with Crippen LogP contribution in [0, 0.1) is 5.92 Å². The average Bonchev–Trinajstić information content (AvgIpc) is 2.49. The molecule has 0 radical (unpaired) electrons. The van der Waals surface area contributed by atoms with Crippen LogP contribution in [0.4, 0.5) is 0 Å². The van der Waals surface area contributed by atoms with Crippen molar-refractivity contribution in [3.63, 3.8) is 0 Å². The van der Waals surface area contributed by atoms with Crippen LogP contribution in [0.3, 0.4) is 0 Å². The predicted octanol–water partition coefficient (Wildman–Crippen LogP) is 2.77. The molecule has 1 aliphatic rings. The van der Waals surface area contributed by atoms with Crippen molar-refractivity contribution in [2.45, 2.75) is 52.9 Å². The zero-order chi connectivity index (χ0) is 15.5. The Labute approximate surface area is 130 Å². The van der Waals surface area contributed by atoms with Gasteiger partial charge in [-0.3, -0.25) is 9.69 Å².